The molecule has 2 N–H and O–H groups in total. The summed E-state index contributed by atoms with van der Waals surface area (Å²) in [6, 6.07) is 6.02. The molecule has 0 radical (unpaired) electrons. The van der Waals surface area contributed by atoms with Crippen LogP contribution in [-0.2, 0) is 11.2 Å². The molecule has 4 fully saturated rings. The van der Waals surface area contributed by atoms with Gasteiger partial charge in [0.05, 0.1) is 22.9 Å². The molecule has 11 heteroatoms. The molecule has 4 saturated heterocycles. The zero-order valence-corrected chi connectivity index (χ0v) is 25.3. The number of pyridine rings is 1. The highest BCUT2D eigenvalue weighted by Crippen LogP contribution is 2.42. The quantitative estimate of drug-likeness (QED) is 0.284. The molecule has 1 atom stereocenters. The van der Waals surface area contributed by atoms with E-state index in [1.165, 1.54) is 12.1 Å². The van der Waals surface area contributed by atoms with Crippen LogP contribution in [0.15, 0.2) is 30.5 Å². The molecule has 0 aliphatic carbocycles. The van der Waals surface area contributed by atoms with E-state index in [1.54, 1.807) is 18.3 Å². The number of aryl methyl sites for hydroxylation is 1. The van der Waals surface area contributed by atoms with Crippen LogP contribution in [0.1, 0.15) is 57.4 Å². The molecule has 1 spiro atoms. The number of hydrogen-bond acceptors (Lipinski definition) is 8. The lowest BCUT2D eigenvalue weighted by Gasteiger charge is -2.49. The fourth-order valence-corrected chi connectivity index (χ4v) is 8.35. The van der Waals surface area contributed by atoms with E-state index < -0.39 is 11.6 Å². The Morgan fingerprint density at radius 3 is 2.60 bits per heavy atom. The molecule has 2 aromatic heterocycles. The van der Waals surface area contributed by atoms with Crippen molar-refractivity contribution in [3.8, 4) is 23.0 Å². The first-order valence-corrected chi connectivity index (χ1v) is 16.0. The second-order valence-corrected chi connectivity index (χ2v) is 13.2. The summed E-state index contributed by atoms with van der Waals surface area (Å²) in [4.78, 5) is 30.5. The van der Waals surface area contributed by atoms with Gasteiger partial charge in [0.15, 0.2) is 5.82 Å². The number of nitrogens with zero attached hydrogens (tertiary/aromatic N) is 5. The average Bonchev–Trinajstić information content (AvgIpc) is 3.60. The normalized spacial score (nSPS) is 22.6. The minimum atomic E-state index is -0.690. The number of piperidine rings is 1. The lowest BCUT2D eigenvalue weighted by Crippen LogP contribution is -2.68. The molecule has 0 saturated carbocycles. The molecule has 1 amide bonds. The number of carbonyl (C=O) groups is 1. The van der Waals surface area contributed by atoms with Crippen LogP contribution >= 0.6 is 0 Å². The first-order chi connectivity index (χ1) is 21.8. The van der Waals surface area contributed by atoms with E-state index in [2.05, 4.69) is 25.1 Å². The summed E-state index contributed by atoms with van der Waals surface area (Å²) in [6.07, 6.45) is 8.44. The number of carbonyl (C=O) groups excluding carboxylic acids is 1. The van der Waals surface area contributed by atoms with E-state index in [0.717, 1.165) is 51.6 Å². The first-order valence-electron chi connectivity index (χ1n) is 16.0. The fourth-order valence-electron chi connectivity index (χ4n) is 8.35. The van der Waals surface area contributed by atoms with Gasteiger partial charge in [0.1, 0.15) is 35.2 Å². The second-order valence-electron chi connectivity index (χ2n) is 13.2. The van der Waals surface area contributed by atoms with Crippen LogP contribution in [0.3, 0.4) is 0 Å². The zero-order valence-electron chi connectivity index (χ0n) is 25.3. The molecule has 45 heavy (non-hydrogen) atoms. The number of fused-ring (bicyclic) bond motifs is 3. The number of amides is 1. The van der Waals surface area contributed by atoms with Gasteiger partial charge < -0.3 is 20.1 Å². The first kappa shape index (κ1) is 28.4. The van der Waals surface area contributed by atoms with Crippen LogP contribution in [0.2, 0.25) is 0 Å². The van der Waals surface area contributed by atoms with E-state index >= 15 is 4.39 Å². The van der Waals surface area contributed by atoms with Crippen molar-refractivity contribution in [1.29, 1.82) is 0 Å². The summed E-state index contributed by atoms with van der Waals surface area (Å²) in [5, 5.41) is 15.2. The predicted molar refractivity (Wildman–Crippen MR) is 166 cm³/mol. The number of phenols is 1. The molecular weight excluding hydrogens is 578 g/mol. The van der Waals surface area contributed by atoms with Gasteiger partial charge in [0.25, 0.3) is 0 Å². The van der Waals surface area contributed by atoms with Crippen molar-refractivity contribution in [3.63, 3.8) is 0 Å². The van der Waals surface area contributed by atoms with Gasteiger partial charge in [-0.15, -0.1) is 0 Å². The summed E-state index contributed by atoms with van der Waals surface area (Å²) in [5.74, 6) is -0.611. The maximum absolute atomic E-state index is 16.8. The molecule has 4 aliphatic rings. The van der Waals surface area contributed by atoms with E-state index in [-0.39, 0.29) is 40.0 Å². The van der Waals surface area contributed by atoms with Crippen LogP contribution in [-0.4, -0.2) is 74.7 Å². The number of aromatic hydroxyl groups is 1. The average molecular weight is 615 g/mol. The summed E-state index contributed by atoms with van der Waals surface area (Å²) in [7, 11) is 0. The van der Waals surface area contributed by atoms with E-state index in [9.17, 15) is 14.3 Å². The largest absolute Gasteiger partial charge is 0.508 e. The number of aromatic nitrogens is 3. The van der Waals surface area contributed by atoms with Crippen LogP contribution in [0.5, 0.6) is 11.8 Å². The third kappa shape index (κ3) is 4.57. The Hall–Kier alpha value is -4.12. The highest BCUT2D eigenvalue weighted by molar-refractivity contribution is 6.01. The van der Waals surface area contributed by atoms with Gasteiger partial charge in [-0.3, -0.25) is 14.7 Å². The maximum atomic E-state index is 16.8. The monoisotopic (exact) mass is 614 g/mol. The molecule has 6 heterocycles. The number of phenolic OH excluding ortho intramolecular Hbond substituents is 1. The second kappa shape index (κ2) is 10.5. The van der Waals surface area contributed by atoms with Crippen LogP contribution in [0, 0.1) is 11.6 Å². The van der Waals surface area contributed by atoms with Crippen LogP contribution < -0.4 is 15.0 Å². The number of ether oxygens (including phenoxy) is 1. The number of β-lactam (4-membered cyclic amide) rings is 1. The third-order valence-corrected chi connectivity index (χ3v) is 10.5. The number of anilines is 1. The van der Waals surface area contributed by atoms with Crippen LogP contribution in [0.4, 0.5) is 14.6 Å². The Bertz CT molecular complexity index is 1850. The Morgan fingerprint density at radius 2 is 1.84 bits per heavy atom. The van der Waals surface area contributed by atoms with Crippen molar-refractivity contribution < 1.29 is 23.4 Å². The minimum absolute atomic E-state index is 0.0305. The van der Waals surface area contributed by atoms with Gasteiger partial charge >= 0.3 is 6.01 Å². The maximum Gasteiger partial charge on any atom is 0.319 e. The van der Waals surface area contributed by atoms with Gasteiger partial charge in [-0.05, 0) is 92.6 Å². The summed E-state index contributed by atoms with van der Waals surface area (Å²) in [5.41, 5.74) is 0.367. The number of benzene rings is 2. The lowest BCUT2D eigenvalue weighted by molar-refractivity contribution is -0.133. The third-order valence-electron chi connectivity index (χ3n) is 10.5. The molecule has 4 aromatic rings. The number of hydrogen-bond donors (Lipinski definition) is 2. The Kier molecular flexibility index (Phi) is 6.60. The molecule has 4 aliphatic heterocycles. The number of halogens is 2. The predicted octanol–water partition coefficient (Wildman–Crippen LogP) is 5.26. The van der Waals surface area contributed by atoms with Crippen molar-refractivity contribution in [1.82, 2.24) is 25.2 Å². The summed E-state index contributed by atoms with van der Waals surface area (Å²) in [6.45, 7) is 5.59. The molecule has 1 unspecified atom stereocenters. The molecule has 9 nitrogen and oxygen atoms in total. The number of rotatable bonds is 6. The lowest BCUT2D eigenvalue weighted by atomic mass is 9.80. The highest BCUT2D eigenvalue weighted by atomic mass is 19.1. The fraction of sp³-hybridized carbons (Fsp3) is 0.471. The molecular formula is C34H36F2N6O3. The van der Waals surface area contributed by atoms with Crippen molar-refractivity contribution in [2.45, 2.75) is 69.4 Å². The topological polar surface area (TPSA) is 104 Å². The Labute approximate surface area is 259 Å². The summed E-state index contributed by atoms with van der Waals surface area (Å²) >= 11 is 0. The van der Waals surface area contributed by atoms with Crippen molar-refractivity contribution in [2.24, 2.45) is 0 Å². The van der Waals surface area contributed by atoms with Crippen molar-refractivity contribution >= 4 is 33.4 Å². The zero-order chi connectivity index (χ0) is 30.9. The Balaban J connectivity index is 1.27. The molecule has 2 aromatic carbocycles. The molecule has 234 valence electrons. The van der Waals surface area contributed by atoms with Crippen LogP contribution in [0.25, 0.3) is 32.9 Å². The minimum Gasteiger partial charge on any atom is -0.508 e. The van der Waals surface area contributed by atoms with Gasteiger partial charge in [0, 0.05) is 24.8 Å². The standard InChI is InChI=1S/C34H36F2N6O3/c1-2-22-25(35)7-6-20-14-21(43)15-23(27(20)22)29-28(36)30-24(17-37-29)31(41-11-3-8-33(18-41)16-26(44)40-33)39-32(38-30)45-19-34-9-4-12-42(34)13-5-10-34/h6-7,14-15,17,43H,2-5,8-13,16,18-19H2,1H3,(H,40,44). The van der Waals surface area contributed by atoms with E-state index in [4.69, 9.17) is 9.72 Å². The van der Waals surface area contributed by atoms with Gasteiger partial charge in [-0.2, -0.15) is 9.97 Å². The van der Waals surface area contributed by atoms with Gasteiger partial charge in [-0.25, -0.2) is 8.78 Å². The van der Waals surface area contributed by atoms with Crippen molar-refractivity contribution in [2.75, 3.05) is 37.7 Å². The molecule has 8 rings (SSSR count). The van der Waals surface area contributed by atoms with Gasteiger partial charge in [-0.1, -0.05) is 13.0 Å². The number of nitrogens with one attached hydrogen (secondary N) is 1. The molecule has 0 bridgehead atoms. The van der Waals surface area contributed by atoms with E-state index in [0.29, 0.717) is 65.6 Å². The Morgan fingerprint density at radius 1 is 1.07 bits per heavy atom. The van der Waals surface area contributed by atoms with Crippen molar-refractivity contribution in [3.05, 3.63) is 47.7 Å². The highest BCUT2D eigenvalue weighted by Gasteiger charge is 2.47. The summed E-state index contributed by atoms with van der Waals surface area (Å²) < 4.78 is 38.2. The SMILES string of the molecule is CCc1c(F)ccc2cc(O)cc(-c3ncc4c(N5CCCC6(CC(=O)N6)C5)nc(OCC56CCCN5CCC6)nc4c3F)c12. The smallest absolute Gasteiger partial charge is 0.319 e. The van der Waals surface area contributed by atoms with E-state index in [1.807, 2.05) is 6.92 Å². The van der Waals surface area contributed by atoms with Gasteiger partial charge in [0.2, 0.25) is 5.91 Å².